The van der Waals surface area contributed by atoms with Crippen molar-refractivity contribution in [1.82, 2.24) is 0 Å². The second kappa shape index (κ2) is 5.21. The number of nitrogens with zero attached hydrogens (tertiary/aromatic N) is 1. The zero-order valence-electron chi connectivity index (χ0n) is 8.91. The summed E-state index contributed by atoms with van der Waals surface area (Å²) in [5.74, 6) is -0.0521. The molecular weight excluding hydrogens is 202 g/mol. The van der Waals surface area contributed by atoms with E-state index in [9.17, 15) is 8.78 Å². The Morgan fingerprint density at radius 3 is 2.40 bits per heavy atom. The number of ether oxygens (including phenoxy) is 1. The van der Waals surface area contributed by atoms with E-state index in [0.29, 0.717) is 18.8 Å². The first-order valence-electron chi connectivity index (χ1n) is 4.91. The van der Waals surface area contributed by atoms with E-state index >= 15 is 0 Å². The van der Waals surface area contributed by atoms with Crippen LogP contribution in [0.1, 0.15) is 13.8 Å². The molecule has 0 saturated carbocycles. The van der Waals surface area contributed by atoms with Crippen LogP contribution in [0.15, 0.2) is 16.3 Å². The van der Waals surface area contributed by atoms with Crippen molar-refractivity contribution < 1.29 is 13.5 Å². The van der Waals surface area contributed by atoms with Crippen molar-refractivity contribution in [3.8, 4) is 0 Å². The SMILES string of the molecule is CC(C)/C(C=NC1COC1)=C(/N)C(F)F. The summed E-state index contributed by atoms with van der Waals surface area (Å²) in [5, 5.41) is 0. The molecule has 1 rings (SSSR count). The Hall–Kier alpha value is -0.970. The smallest absolute Gasteiger partial charge is 0.278 e. The lowest BCUT2D eigenvalue weighted by Gasteiger charge is -2.22. The predicted molar refractivity (Wildman–Crippen MR) is 55.2 cm³/mol. The van der Waals surface area contributed by atoms with Crippen LogP contribution in [0, 0.1) is 5.92 Å². The molecule has 86 valence electrons. The summed E-state index contributed by atoms with van der Waals surface area (Å²) in [6, 6.07) is 0.101. The summed E-state index contributed by atoms with van der Waals surface area (Å²) >= 11 is 0. The van der Waals surface area contributed by atoms with Crippen LogP contribution in [0.25, 0.3) is 0 Å². The van der Waals surface area contributed by atoms with E-state index in [-0.39, 0.29) is 17.7 Å². The van der Waals surface area contributed by atoms with Crippen molar-refractivity contribution in [2.24, 2.45) is 16.6 Å². The van der Waals surface area contributed by atoms with Gasteiger partial charge >= 0.3 is 0 Å². The third-order valence-corrected chi connectivity index (χ3v) is 2.24. The number of hydrogen-bond acceptors (Lipinski definition) is 3. The first-order valence-corrected chi connectivity index (χ1v) is 4.91. The van der Waals surface area contributed by atoms with E-state index in [0.717, 1.165) is 0 Å². The topological polar surface area (TPSA) is 47.6 Å². The van der Waals surface area contributed by atoms with E-state index in [2.05, 4.69) is 4.99 Å². The van der Waals surface area contributed by atoms with Gasteiger partial charge in [-0.2, -0.15) is 0 Å². The minimum atomic E-state index is -2.62. The minimum absolute atomic E-state index is 0.0521. The molecule has 0 atom stereocenters. The Bertz CT molecular complexity index is 271. The predicted octanol–water partition coefficient (Wildman–Crippen LogP) is 1.59. The molecule has 0 bridgehead atoms. The second-order valence-electron chi connectivity index (χ2n) is 3.84. The number of nitrogens with two attached hydrogens (primary N) is 1. The van der Waals surface area contributed by atoms with Gasteiger partial charge in [0.2, 0.25) is 0 Å². The minimum Gasteiger partial charge on any atom is -0.397 e. The van der Waals surface area contributed by atoms with E-state index in [4.69, 9.17) is 10.5 Å². The molecule has 1 aliphatic rings. The molecule has 0 spiro atoms. The first-order chi connectivity index (χ1) is 7.02. The van der Waals surface area contributed by atoms with Crippen LogP contribution in [0.2, 0.25) is 0 Å². The second-order valence-corrected chi connectivity index (χ2v) is 3.84. The molecule has 1 heterocycles. The summed E-state index contributed by atoms with van der Waals surface area (Å²) in [5.41, 5.74) is 5.35. The van der Waals surface area contributed by atoms with Gasteiger partial charge in [0, 0.05) is 6.21 Å². The molecule has 5 heteroatoms. The van der Waals surface area contributed by atoms with E-state index in [1.165, 1.54) is 6.21 Å². The van der Waals surface area contributed by atoms with Crippen LogP contribution in [0.4, 0.5) is 8.78 Å². The molecule has 3 nitrogen and oxygen atoms in total. The number of rotatable bonds is 4. The highest BCUT2D eigenvalue weighted by Crippen LogP contribution is 2.16. The molecule has 0 aromatic heterocycles. The number of aliphatic imine (C=N–C) groups is 1. The molecule has 1 saturated heterocycles. The number of alkyl halides is 2. The van der Waals surface area contributed by atoms with Crippen LogP contribution >= 0.6 is 0 Å². The monoisotopic (exact) mass is 218 g/mol. The molecule has 0 unspecified atom stereocenters. The maximum Gasteiger partial charge on any atom is 0.278 e. The average molecular weight is 218 g/mol. The van der Waals surface area contributed by atoms with E-state index < -0.39 is 6.43 Å². The highest BCUT2D eigenvalue weighted by Gasteiger charge is 2.18. The van der Waals surface area contributed by atoms with Crippen LogP contribution in [0.3, 0.4) is 0 Å². The molecule has 0 amide bonds. The van der Waals surface area contributed by atoms with Crippen LogP contribution in [-0.2, 0) is 4.74 Å². The Morgan fingerprint density at radius 2 is 2.07 bits per heavy atom. The fourth-order valence-corrected chi connectivity index (χ4v) is 1.18. The molecule has 0 radical (unpaired) electrons. The Kier molecular flexibility index (Phi) is 4.20. The zero-order valence-corrected chi connectivity index (χ0v) is 8.91. The summed E-state index contributed by atoms with van der Waals surface area (Å²) < 4.78 is 29.7. The number of halogens is 2. The Morgan fingerprint density at radius 1 is 1.47 bits per heavy atom. The van der Waals surface area contributed by atoms with Crippen molar-refractivity contribution in [1.29, 1.82) is 0 Å². The van der Waals surface area contributed by atoms with Crippen LogP contribution in [-0.4, -0.2) is 31.9 Å². The largest absolute Gasteiger partial charge is 0.397 e. The van der Waals surface area contributed by atoms with Gasteiger partial charge in [0.1, 0.15) is 0 Å². The third-order valence-electron chi connectivity index (χ3n) is 2.24. The number of allylic oxidation sites excluding steroid dienone is 2. The average Bonchev–Trinajstić information content (AvgIpc) is 2.07. The maximum absolute atomic E-state index is 12.4. The third kappa shape index (κ3) is 3.27. The van der Waals surface area contributed by atoms with Crippen molar-refractivity contribution in [3.05, 3.63) is 11.3 Å². The quantitative estimate of drug-likeness (QED) is 0.728. The first kappa shape index (κ1) is 12.1. The highest BCUT2D eigenvalue weighted by molar-refractivity contribution is 5.80. The molecule has 15 heavy (non-hydrogen) atoms. The van der Waals surface area contributed by atoms with Crippen LogP contribution in [0.5, 0.6) is 0 Å². The van der Waals surface area contributed by atoms with E-state index in [1.807, 2.05) is 13.8 Å². The standard InChI is InChI=1S/C10H16F2N2O/c1-6(2)8(9(13)10(11)12)3-14-7-4-15-5-7/h3,6-7,10H,4-5,13H2,1-2H3/b9-8+,14-3?. The molecule has 0 aromatic carbocycles. The van der Waals surface area contributed by atoms with Crippen LogP contribution < -0.4 is 5.73 Å². The molecule has 0 aromatic rings. The summed E-state index contributed by atoms with van der Waals surface area (Å²) in [4.78, 5) is 4.13. The lowest BCUT2D eigenvalue weighted by Crippen LogP contribution is -2.31. The molecule has 0 aliphatic carbocycles. The van der Waals surface area contributed by atoms with Crippen molar-refractivity contribution in [2.75, 3.05) is 13.2 Å². The summed E-state index contributed by atoms with van der Waals surface area (Å²) in [6.07, 6.45) is -1.16. The highest BCUT2D eigenvalue weighted by atomic mass is 19.3. The normalized spacial score (nSPS) is 19.9. The van der Waals surface area contributed by atoms with E-state index in [1.54, 1.807) is 0 Å². The van der Waals surface area contributed by atoms with Gasteiger partial charge in [0.05, 0.1) is 25.0 Å². The van der Waals surface area contributed by atoms with Gasteiger partial charge < -0.3 is 10.5 Å². The van der Waals surface area contributed by atoms with Gasteiger partial charge in [-0.15, -0.1) is 0 Å². The molecule has 1 fully saturated rings. The van der Waals surface area contributed by atoms with Gasteiger partial charge in [0.25, 0.3) is 6.43 Å². The van der Waals surface area contributed by atoms with Gasteiger partial charge in [-0.1, -0.05) is 13.8 Å². The van der Waals surface area contributed by atoms with Crippen molar-refractivity contribution in [2.45, 2.75) is 26.3 Å². The molecule has 1 aliphatic heterocycles. The number of hydrogen-bond donors (Lipinski definition) is 1. The summed E-state index contributed by atoms with van der Waals surface area (Å²) in [6.45, 7) is 4.76. The Balaban J connectivity index is 2.73. The van der Waals surface area contributed by atoms with Gasteiger partial charge in [-0.05, 0) is 11.5 Å². The fourth-order valence-electron chi connectivity index (χ4n) is 1.18. The lowest BCUT2D eigenvalue weighted by atomic mass is 10.0. The van der Waals surface area contributed by atoms with Gasteiger partial charge in [-0.3, -0.25) is 4.99 Å². The Labute approximate surface area is 88.0 Å². The fraction of sp³-hybridized carbons (Fsp3) is 0.700. The maximum atomic E-state index is 12.4. The lowest BCUT2D eigenvalue weighted by molar-refractivity contribution is 0.0135. The summed E-state index contributed by atoms with van der Waals surface area (Å²) in [7, 11) is 0. The van der Waals surface area contributed by atoms with Crippen molar-refractivity contribution in [3.63, 3.8) is 0 Å². The molecule has 2 N–H and O–H groups in total. The van der Waals surface area contributed by atoms with Gasteiger partial charge in [0.15, 0.2) is 0 Å². The zero-order chi connectivity index (χ0) is 11.4. The van der Waals surface area contributed by atoms with Gasteiger partial charge in [-0.25, -0.2) is 8.78 Å². The van der Waals surface area contributed by atoms with Crippen molar-refractivity contribution >= 4 is 6.21 Å². The molecular formula is C10H16F2N2O.